The Kier molecular flexibility index (Phi) is 4.13. The molecular weight excluding hydrogens is 300 g/mol. The molecule has 0 saturated carbocycles. The normalized spacial score (nSPS) is 21.0. The average Bonchev–Trinajstić information content (AvgIpc) is 3.15. The van der Waals surface area contributed by atoms with Crippen LogP contribution in [0.25, 0.3) is 10.6 Å². The molecule has 1 unspecified atom stereocenters. The Bertz CT molecular complexity index is 660. The van der Waals surface area contributed by atoms with Gasteiger partial charge in [-0.05, 0) is 44.0 Å². The Morgan fingerprint density at radius 1 is 1.45 bits per heavy atom. The molecule has 1 aliphatic heterocycles. The van der Waals surface area contributed by atoms with Crippen molar-refractivity contribution in [2.75, 3.05) is 13.2 Å². The lowest BCUT2D eigenvalue weighted by Crippen LogP contribution is -2.40. The van der Waals surface area contributed by atoms with E-state index in [1.807, 2.05) is 6.92 Å². The Balaban J connectivity index is 1.65. The maximum atomic E-state index is 12.2. The van der Waals surface area contributed by atoms with Crippen LogP contribution in [0.2, 0.25) is 0 Å². The molecule has 0 aliphatic carbocycles. The van der Waals surface area contributed by atoms with E-state index in [-0.39, 0.29) is 17.3 Å². The molecule has 0 spiro atoms. The van der Waals surface area contributed by atoms with Gasteiger partial charge in [0.05, 0.1) is 5.60 Å². The quantitative estimate of drug-likeness (QED) is 0.909. The molecular formula is C16H18N2O3S. The smallest absolute Gasteiger partial charge is 0.270 e. The standard InChI is InChI=1S/C16H18N2O3S/c1-16(7-2-8-21-16)10-17-14(20)13-9-22-15(18-13)11-3-5-12(19)6-4-11/h3-6,9,19H,2,7-8,10H2,1H3,(H,17,20). The number of benzene rings is 1. The fourth-order valence-corrected chi connectivity index (χ4v) is 3.25. The maximum absolute atomic E-state index is 12.2. The van der Waals surface area contributed by atoms with E-state index >= 15 is 0 Å². The summed E-state index contributed by atoms with van der Waals surface area (Å²) < 4.78 is 5.66. The van der Waals surface area contributed by atoms with E-state index in [9.17, 15) is 9.90 Å². The third kappa shape index (κ3) is 3.28. The van der Waals surface area contributed by atoms with Crippen LogP contribution < -0.4 is 5.32 Å². The lowest BCUT2D eigenvalue weighted by molar-refractivity contribution is 0.0205. The maximum Gasteiger partial charge on any atom is 0.270 e. The molecule has 0 radical (unpaired) electrons. The number of aromatic nitrogens is 1. The second-order valence-electron chi connectivity index (χ2n) is 5.67. The number of rotatable bonds is 4. The van der Waals surface area contributed by atoms with E-state index in [0.717, 1.165) is 30.0 Å². The van der Waals surface area contributed by atoms with Crippen LogP contribution in [-0.4, -0.2) is 34.8 Å². The molecule has 3 rings (SSSR count). The number of nitrogens with one attached hydrogen (secondary N) is 1. The first-order chi connectivity index (χ1) is 10.6. The van der Waals surface area contributed by atoms with Crippen molar-refractivity contribution >= 4 is 17.2 Å². The summed E-state index contributed by atoms with van der Waals surface area (Å²) in [6, 6.07) is 6.77. The molecule has 1 amide bonds. The second-order valence-corrected chi connectivity index (χ2v) is 6.53. The van der Waals surface area contributed by atoms with Gasteiger partial charge >= 0.3 is 0 Å². The Morgan fingerprint density at radius 2 is 2.23 bits per heavy atom. The molecule has 22 heavy (non-hydrogen) atoms. The van der Waals surface area contributed by atoms with Crippen molar-refractivity contribution in [3.63, 3.8) is 0 Å². The van der Waals surface area contributed by atoms with Crippen LogP contribution >= 0.6 is 11.3 Å². The van der Waals surface area contributed by atoms with Crippen LogP contribution in [0.4, 0.5) is 0 Å². The highest BCUT2D eigenvalue weighted by Crippen LogP contribution is 2.26. The van der Waals surface area contributed by atoms with Crippen molar-refractivity contribution in [3.05, 3.63) is 35.3 Å². The number of ether oxygens (including phenoxy) is 1. The van der Waals surface area contributed by atoms with Gasteiger partial charge in [-0.2, -0.15) is 0 Å². The summed E-state index contributed by atoms with van der Waals surface area (Å²) in [7, 11) is 0. The number of carbonyl (C=O) groups excluding carboxylic acids is 1. The monoisotopic (exact) mass is 318 g/mol. The third-order valence-corrected chi connectivity index (χ3v) is 4.67. The zero-order valence-corrected chi connectivity index (χ0v) is 13.2. The number of phenolic OH excluding ortho intramolecular Hbond substituents is 1. The summed E-state index contributed by atoms with van der Waals surface area (Å²) >= 11 is 1.41. The van der Waals surface area contributed by atoms with Crippen molar-refractivity contribution in [2.24, 2.45) is 0 Å². The molecule has 1 saturated heterocycles. The highest BCUT2D eigenvalue weighted by atomic mass is 32.1. The number of thiazole rings is 1. The Morgan fingerprint density at radius 3 is 2.91 bits per heavy atom. The third-order valence-electron chi connectivity index (χ3n) is 3.77. The molecule has 2 N–H and O–H groups in total. The highest BCUT2D eigenvalue weighted by Gasteiger charge is 2.30. The van der Waals surface area contributed by atoms with E-state index < -0.39 is 0 Å². The topological polar surface area (TPSA) is 71.5 Å². The van der Waals surface area contributed by atoms with Crippen LogP contribution in [0, 0.1) is 0 Å². The molecule has 116 valence electrons. The van der Waals surface area contributed by atoms with Gasteiger partial charge in [0, 0.05) is 24.1 Å². The fraction of sp³-hybridized carbons (Fsp3) is 0.375. The van der Waals surface area contributed by atoms with E-state index in [2.05, 4.69) is 10.3 Å². The number of phenols is 1. The number of hydrogen-bond acceptors (Lipinski definition) is 5. The molecule has 1 fully saturated rings. The van der Waals surface area contributed by atoms with Crippen molar-refractivity contribution in [1.82, 2.24) is 10.3 Å². The lowest BCUT2D eigenvalue weighted by Gasteiger charge is -2.22. The highest BCUT2D eigenvalue weighted by molar-refractivity contribution is 7.13. The Hall–Kier alpha value is -1.92. The van der Waals surface area contributed by atoms with E-state index in [1.165, 1.54) is 11.3 Å². The van der Waals surface area contributed by atoms with Gasteiger partial charge in [-0.15, -0.1) is 11.3 Å². The minimum absolute atomic E-state index is 0.182. The van der Waals surface area contributed by atoms with Crippen molar-refractivity contribution < 1.29 is 14.6 Å². The van der Waals surface area contributed by atoms with Crippen LogP contribution in [-0.2, 0) is 4.74 Å². The number of aromatic hydroxyl groups is 1. The summed E-state index contributed by atoms with van der Waals surface area (Å²) in [5.41, 5.74) is 1.04. The molecule has 2 heterocycles. The summed E-state index contributed by atoms with van der Waals surface area (Å²) in [4.78, 5) is 16.5. The van der Waals surface area contributed by atoms with Gasteiger partial charge in [0.1, 0.15) is 16.5 Å². The molecule has 1 aliphatic rings. The predicted octanol–water partition coefficient (Wildman–Crippen LogP) is 2.81. The van der Waals surface area contributed by atoms with Crippen LogP contribution in [0.1, 0.15) is 30.3 Å². The SMILES string of the molecule is CC1(CNC(=O)c2csc(-c3ccc(O)cc3)n2)CCCO1. The first kappa shape index (κ1) is 15.0. The molecule has 0 bridgehead atoms. The second kappa shape index (κ2) is 6.06. The largest absolute Gasteiger partial charge is 0.508 e. The van der Waals surface area contributed by atoms with Crippen LogP contribution in [0.5, 0.6) is 5.75 Å². The first-order valence-corrected chi connectivity index (χ1v) is 8.11. The number of amides is 1. The minimum Gasteiger partial charge on any atom is -0.508 e. The molecule has 1 aromatic carbocycles. The number of nitrogens with zero attached hydrogens (tertiary/aromatic N) is 1. The summed E-state index contributed by atoms with van der Waals surface area (Å²) in [6.45, 7) is 3.27. The zero-order chi connectivity index (χ0) is 15.6. The van der Waals surface area contributed by atoms with Crippen molar-refractivity contribution in [2.45, 2.75) is 25.4 Å². The van der Waals surface area contributed by atoms with Gasteiger partial charge in [0.2, 0.25) is 0 Å². The number of carbonyl (C=O) groups is 1. The first-order valence-electron chi connectivity index (χ1n) is 7.23. The van der Waals surface area contributed by atoms with Crippen molar-refractivity contribution in [1.29, 1.82) is 0 Å². The molecule has 1 atom stereocenters. The van der Waals surface area contributed by atoms with Gasteiger partial charge in [-0.25, -0.2) is 4.98 Å². The molecule has 1 aromatic heterocycles. The lowest BCUT2D eigenvalue weighted by atomic mass is 10.0. The van der Waals surface area contributed by atoms with E-state index in [4.69, 9.17) is 4.74 Å². The zero-order valence-electron chi connectivity index (χ0n) is 12.3. The Labute approximate surface area is 133 Å². The van der Waals surface area contributed by atoms with Crippen molar-refractivity contribution in [3.8, 4) is 16.3 Å². The fourth-order valence-electron chi connectivity index (χ4n) is 2.45. The van der Waals surface area contributed by atoms with Gasteiger partial charge < -0.3 is 15.2 Å². The number of hydrogen-bond donors (Lipinski definition) is 2. The molecule has 6 heteroatoms. The van der Waals surface area contributed by atoms with Gasteiger partial charge in [-0.1, -0.05) is 0 Å². The van der Waals surface area contributed by atoms with E-state index in [0.29, 0.717) is 12.2 Å². The summed E-state index contributed by atoms with van der Waals surface area (Å²) in [6.07, 6.45) is 2.00. The van der Waals surface area contributed by atoms with E-state index in [1.54, 1.807) is 29.6 Å². The predicted molar refractivity (Wildman–Crippen MR) is 85.1 cm³/mol. The summed E-state index contributed by atoms with van der Waals surface area (Å²) in [5.74, 6) is 0.0288. The van der Waals surface area contributed by atoms with Gasteiger partial charge in [0.15, 0.2) is 0 Å². The molecule has 2 aromatic rings. The average molecular weight is 318 g/mol. The van der Waals surface area contributed by atoms with Gasteiger partial charge in [-0.3, -0.25) is 4.79 Å². The minimum atomic E-state index is -0.258. The molecule has 5 nitrogen and oxygen atoms in total. The summed E-state index contributed by atoms with van der Waals surface area (Å²) in [5, 5.41) is 14.7. The van der Waals surface area contributed by atoms with Gasteiger partial charge in [0.25, 0.3) is 5.91 Å². The van der Waals surface area contributed by atoms with Crippen LogP contribution in [0.15, 0.2) is 29.6 Å². The van der Waals surface area contributed by atoms with Crippen LogP contribution in [0.3, 0.4) is 0 Å².